The molecule has 1 aromatic rings. The average molecular weight is 238 g/mol. The molecule has 0 spiro atoms. The second-order valence-corrected chi connectivity index (χ2v) is 4.19. The third-order valence-electron chi connectivity index (χ3n) is 2.70. The third-order valence-corrected chi connectivity index (χ3v) is 2.70. The Morgan fingerprint density at radius 3 is 3.24 bits per heavy atom. The monoisotopic (exact) mass is 238 g/mol. The van der Waals surface area contributed by atoms with E-state index in [2.05, 4.69) is 15.7 Å². The largest absolute Gasteiger partial charge is 0.379 e. The minimum absolute atomic E-state index is 0.128. The van der Waals surface area contributed by atoms with E-state index in [-0.39, 0.29) is 12.1 Å². The van der Waals surface area contributed by atoms with Gasteiger partial charge in [0.2, 0.25) is 0 Å². The highest BCUT2D eigenvalue weighted by atomic mass is 16.5. The van der Waals surface area contributed by atoms with Crippen LogP contribution in [0.5, 0.6) is 0 Å². The van der Waals surface area contributed by atoms with Gasteiger partial charge >= 0.3 is 6.03 Å². The maximum absolute atomic E-state index is 11.5. The van der Waals surface area contributed by atoms with E-state index in [4.69, 9.17) is 4.74 Å². The molecule has 2 N–H and O–H groups in total. The van der Waals surface area contributed by atoms with Gasteiger partial charge in [-0.2, -0.15) is 5.10 Å². The molecule has 0 aromatic carbocycles. The Balaban J connectivity index is 1.62. The normalized spacial score (nSPS) is 19.2. The predicted octanol–water partition coefficient (Wildman–Crippen LogP) is 0.0507. The molecule has 0 saturated carbocycles. The zero-order valence-corrected chi connectivity index (χ0v) is 9.98. The fourth-order valence-corrected chi connectivity index (χ4v) is 1.79. The van der Waals surface area contributed by atoms with Gasteiger partial charge in [-0.05, 0) is 12.5 Å². The number of carbonyl (C=O) groups is 1. The zero-order chi connectivity index (χ0) is 12.1. The van der Waals surface area contributed by atoms with E-state index in [1.165, 1.54) is 0 Å². The minimum Gasteiger partial charge on any atom is -0.379 e. The van der Waals surface area contributed by atoms with Crippen LogP contribution in [0.3, 0.4) is 0 Å². The molecule has 0 radical (unpaired) electrons. The summed E-state index contributed by atoms with van der Waals surface area (Å²) >= 11 is 0. The van der Waals surface area contributed by atoms with Crippen molar-refractivity contribution < 1.29 is 9.53 Å². The number of aromatic nitrogens is 2. The minimum atomic E-state index is -0.128. The topological polar surface area (TPSA) is 68.2 Å². The van der Waals surface area contributed by atoms with Crippen LogP contribution in [0.4, 0.5) is 4.79 Å². The van der Waals surface area contributed by atoms with Gasteiger partial charge in [0.05, 0.1) is 18.3 Å². The molecule has 1 atom stereocenters. The molecule has 1 aliphatic heterocycles. The molecule has 2 heterocycles. The SMILES string of the molecule is Cn1ccc(CCNC(=O)NC2CCOC2)n1. The summed E-state index contributed by atoms with van der Waals surface area (Å²) in [5.41, 5.74) is 0.983. The zero-order valence-electron chi connectivity index (χ0n) is 9.98. The first-order chi connectivity index (χ1) is 8.24. The van der Waals surface area contributed by atoms with Gasteiger partial charge in [-0.15, -0.1) is 0 Å². The summed E-state index contributed by atoms with van der Waals surface area (Å²) in [7, 11) is 1.88. The van der Waals surface area contributed by atoms with E-state index in [1.54, 1.807) is 4.68 Å². The standard InChI is InChI=1S/C11H18N4O2/c1-15-6-3-9(14-15)2-5-12-11(16)13-10-4-7-17-8-10/h3,6,10H,2,4-5,7-8H2,1H3,(H2,12,13,16). The maximum Gasteiger partial charge on any atom is 0.315 e. The number of aryl methyl sites for hydroxylation is 1. The maximum atomic E-state index is 11.5. The summed E-state index contributed by atoms with van der Waals surface area (Å²) < 4.78 is 6.93. The van der Waals surface area contributed by atoms with Crippen molar-refractivity contribution in [1.82, 2.24) is 20.4 Å². The number of hydrogen-bond donors (Lipinski definition) is 2. The molecule has 1 saturated heterocycles. The number of amides is 2. The van der Waals surface area contributed by atoms with Gasteiger partial charge in [0.15, 0.2) is 0 Å². The Bertz CT molecular complexity index is 371. The van der Waals surface area contributed by atoms with Crippen LogP contribution in [0.15, 0.2) is 12.3 Å². The van der Waals surface area contributed by atoms with Gasteiger partial charge in [-0.25, -0.2) is 4.79 Å². The van der Waals surface area contributed by atoms with Crippen LogP contribution >= 0.6 is 0 Å². The Hall–Kier alpha value is -1.56. The third kappa shape index (κ3) is 3.74. The van der Waals surface area contributed by atoms with Crippen molar-refractivity contribution in [3.05, 3.63) is 18.0 Å². The summed E-state index contributed by atoms with van der Waals surface area (Å²) in [6.45, 7) is 1.95. The number of hydrogen-bond acceptors (Lipinski definition) is 3. The number of ether oxygens (including phenoxy) is 1. The van der Waals surface area contributed by atoms with Crippen molar-refractivity contribution >= 4 is 6.03 Å². The fourth-order valence-electron chi connectivity index (χ4n) is 1.79. The highest BCUT2D eigenvalue weighted by Gasteiger charge is 2.17. The lowest BCUT2D eigenvalue weighted by Gasteiger charge is -2.11. The highest BCUT2D eigenvalue weighted by molar-refractivity contribution is 5.74. The lowest BCUT2D eigenvalue weighted by Crippen LogP contribution is -2.43. The van der Waals surface area contributed by atoms with E-state index >= 15 is 0 Å². The molecule has 2 amide bonds. The molecule has 2 rings (SSSR count). The molecule has 17 heavy (non-hydrogen) atoms. The molecule has 1 aliphatic rings. The van der Waals surface area contributed by atoms with E-state index in [9.17, 15) is 4.79 Å². The summed E-state index contributed by atoms with van der Waals surface area (Å²) in [6, 6.07) is 1.98. The van der Waals surface area contributed by atoms with Crippen LogP contribution in [-0.4, -0.2) is 41.6 Å². The number of nitrogens with zero attached hydrogens (tertiary/aromatic N) is 2. The molecule has 0 aliphatic carbocycles. The van der Waals surface area contributed by atoms with Crippen molar-refractivity contribution in [3.63, 3.8) is 0 Å². The second kappa shape index (κ2) is 5.67. The number of rotatable bonds is 4. The van der Waals surface area contributed by atoms with Crippen molar-refractivity contribution in [2.75, 3.05) is 19.8 Å². The number of nitrogens with one attached hydrogen (secondary N) is 2. The molecule has 6 heteroatoms. The van der Waals surface area contributed by atoms with Crippen molar-refractivity contribution in [2.45, 2.75) is 18.9 Å². The number of urea groups is 1. The lowest BCUT2D eigenvalue weighted by molar-refractivity contribution is 0.188. The Morgan fingerprint density at radius 1 is 1.71 bits per heavy atom. The van der Waals surface area contributed by atoms with Crippen molar-refractivity contribution in [2.24, 2.45) is 7.05 Å². The molecule has 94 valence electrons. The van der Waals surface area contributed by atoms with E-state index < -0.39 is 0 Å². The molecule has 1 fully saturated rings. The average Bonchev–Trinajstić information content (AvgIpc) is 2.90. The summed E-state index contributed by atoms with van der Waals surface area (Å²) in [6.07, 6.45) is 3.54. The quantitative estimate of drug-likeness (QED) is 0.779. The van der Waals surface area contributed by atoms with Crippen LogP contribution in [0.25, 0.3) is 0 Å². The smallest absolute Gasteiger partial charge is 0.315 e. The first-order valence-electron chi connectivity index (χ1n) is 5.84. The van der Waals surface area contributed by atoms with Crippen LogP contribution in [0.2, 0.25) is 0 Å². The fraction of sp³-hybridized carbons (Fsp3) is 0.636. The van der Waals surface area contributed by atoms with Crippen LogP contribution < -0.4 is 10.6 Å². The van der Waals surface area contributed by atoms with Gasteiger partial charge in [0.1, 0.15) is 0 Å². The first kappa shape index (κ1) is 11.9. The first-order valence-corrected chi connectivity index (χ1v) is 5.84. The Morgan fingerprint density at radius 2 is 2.59 bits per heavy atom. The summed E-state index contributed by atoms with van der Waals surface area (Å²) in [5, 5.41) is 9.92. The predicted molar refractivity (Wildman–Crippen MR) is 62.7 cm³/mol. The molecular formula is C11H18N4O2. The molecule has 6 nitrogen and oxygen atoms in total. The number of carbonyl (C=O) groups excluding carboxylic acids is 1. The molecule has 1 unspecified atom stereocenters. The van der Waals surface area contributed by atoms with Gasteiger partial charge in [0.25, 0.3) is 0 Å². The van der Waals surface area contributed by atoms with Gasteiger partial charge in [-0.3, -0.25) is 4.68 Å². The van der Waals surface area contributed by atoms with Gasteiger partial charge in [-0.1, -0.05) is 0 Å². The van der Waals surface area contributed by atoms with Gasteiger partial charge in [0, 0.05) is 32.8 Å². The van der Waals surface area contributed by atoms with Crippen molar-refractivity contribution in [3.8, 4) is 0 Å². The van der Waals surface area contributed by atoms with Crippen molar-refractivity contribution in [1.29, 1.82) is 0 Å². The van der Waals surface area contributed by atoms with Crippen LogP contribution in [-0.2, 0) is 18.2 Å². The van der Waals surface area contributed by atoms with Crippen LogP contribution in [0.1, 0.15) is 12.1 Å². The van der Waals surface area contributed by atoms with E-state index in [0.717, 1.165) is 25.1 Å². The molecular weight excluding hydrogens is 220 g/mol. The van der Waals surface area contributed by atoms with Gasteiger partial charge < -0.3 is 15.4 Å². The van der Waals surface area contributed by atoms with Crippen LogP contribution in [0, 0.1) is 0 Å². The Kier molecular flexibility index (Phi) is 3.98. The summed E-state index contributed by atoms with van der Waals surface area (Å²) in [5.74, 6) is 0. The van der Waals surface area contributed by atoms with E-state index in [0.29, 0.717) is 13.2 Å². The summed E-state index contributed by atoms with van der Waals surface area (Å²) in [4.78, 5) is 11.5. The molecule has 1 aromatic heterocycles. The Labute approximate surface area is 100 Å². The highest BCUT2D eigenvalue weighted by Crippen LogP contribution is 2.02. The second-order valence-electron chi connectivity index (χ2n) is 4.19. The molecule has 0 bridgehead atoms. The lowest BCUT2D eigenvalue weighted by atomic mass is 10.3. The van der Waals surface area contributed by atoms with E-state index in [1.807, 2.05) is 19.3 Å².